The SMILES string of the molecule is C1=Cc2c(c3ccccc3c3ccc(C4c5ccc(-c6ccccc6)cc5-c5cc(-c6ccccc6)ccc54)cc23)CC1. The van der Waals surface area contributed by atoms with E-state index in [1.54, 1.807) is 0 Å². The summed E-state index contributed by atoms with van der Waals surface area (Å²) < 4.78 is 0. The van der Waals surface area contributed by atoms with Gasteiger partial charge >= 0.3 is 0 Å². The van der Waals surface area contributed by atoms with Crippen molar-refractivity contribution >= 4 is 27.6 Å². The summed E-state index contributed by atoms with van der Waals surface area (Å²) in [6, 6.07) is 51.9. The minimum Gasteiger partial charge on any atom is -0.0836 e. The third kappa shape index (κ3) is 3.84. The quantitative estimate of drug-likeness (QED) is 0.193. The van der Waals surface area contributed by atoms with Crippen molar-refractivity contribution in [2.24, 2.45) is 0 Å². The molecule has 2 aliphatic carbocycles. The molecule has 0 atom stereocenters. The van der Waals surface area contributed by atoms with Crippen molar-refractivity contribution in [2.45, 2.75) is 18.8 Å². The molecule has 0 saturated carbocycles. The van der Waals surface area contributed by atoms with Gasteiger partial charge in [-0.05, 0) is 114 Å². The van der Waals surface area contributed by atoms with E-state index in [1.165, 1.54) is 82.7 Å². The molecule has 0 spiro atoms. The molecule has 0 unspecified atom stereocenters. The molecule has 0 aliphatic heterocycles. The molecule has 0 aromatic heterocycles. The van der Waals surface area contributed by atoms with Crippen LogP contribution in [0.15, 0.2) is 146 Å². The summed E-state index contributed by atoms with van der Waals surface area (Å²) in [4.78, 5) is 0. The summed E-state index contributed by atoms with van der Waals surface area (Å²) in [6.45, 7) is 0. The van der Waals surface area contributed by atoms with Crippen LogP contribution in [0, 0.1) is 0 Å². The lowest BCUT2D eigenvalue weighted by atomic mass is 9.83. The molecule has 43 heavy (non-hydrogen) atoms. The average molecular weight is 547 g/mol. The first-order valence-corrected chi connectivity index (χ1v) is 15.4. The third-order valence-corrected chi connectivity index (χ3v) is 9.61. The fourth-order valence-electron chi connectivity index (χ4n) is 7.61. The maximum atomic E-state index is 2.50. The number of hydrogen-bond donors (Lipinski definition) is 0. The molecule has 0 heteroatoms. The maximum absolute atomic E-state index is 2.50. The number of aryl methyl sites for hydroxylation is 1. The molecule has 0 fully saturated rings. The predicted octanol–water partition coefficient (Wildman–Crippen LogP) is 11.4. The van der Waals surface area contributed by atoms with Crippen LogP contribution in [-0.4, -0.2) is 0 Å². The maximum Gasteiger partial charge on any atom is 0.0352 e. The third-order valence-electron chi connectivity index (χ3n) is 9.61. The number of fused-ring (bicyclic) bond motifs is 9. The molecule has 0 nitrogen and oxygen atoms in total. The Kier molecular flexibility index (Phi) is 5.49. The van der Waals surface area contributed by atoms with E-state index in [1.807, 2.05) is 0 Å². The van der Waals surface area contributed by atoms with Crippen LogP contribution in [0.5, 0.6) is 0 Å². The Labute approximate surface area is 252 Å². The molecule has 0 amide bonds. The van der Waals surface area contributed by atoms with E-state index in [2.05, 4.69) is 152 Å². The van der Waals surface area contributed by atoms with E-state index >= 15 is 0 Å². The van der Waals surface area contributed by atoms with Gasteiger partial charge in [0.05, 0.1) is 0 Å². The Morgan fingerprint density at radius 2 is 1.02 bits per heavy atom. The van der Waals surface area contributed by atoms with Crippen LogP contribution in [0.25, 0.3) is 61.0 Å². The standard InChI is InChI=1S/C43H30/c1-3-11-28(12-4-1)30-19-23-38-41(25-30)42-26-31(29-13-5-2-6-14-29)20-24-39(42)43(38)32-21-22-37-35-17-8-7-15-33(35)34-16-9-10-18-36(34)40(37)27-32/h1-8,10-15,17-27,43H,9,16H2. The topological polar surface area (TPSA) is 0 Å². The van der Waals surface area contributed by atoms with Crippen molar-refractivity contribution in [3.63, 3.8) is 0 Å². The van der Waals surface area contributed by atoms with Gasteiger partial charge in [0, 0.05) is 5.92 Å². The molecule has 7 aromatic carbocycles. The first-order chi connectivity index (χ1) is 21.3. The zero-order valence-electron chi connectivity index (χ0n) is 23.9. The van der Waals surface area contributed by atoms with Gasteiger partial charge in [-0.1, -0.05) is 133 Å². The van der Waals surface area contributed by atoms with E-state index < -0.39 is 0 Å². The summed E-state index contributed by atoms with van der Waals surface area (Å²) in [7, 11) is 0. The zero-order chi connectivity index (χ0) is 28.3. The molecule has 7 aromatic rings. The van der Waals surface area contributed by atoms with Crippen LogP contribution in [0.3, 0.4) is 0 Å². The highest BCUT2D eigenvalue weighted by atomic mass is 14.3. The summed E-state index contributed by atoms with van der Waals surface area (Å²) >= 11 is 0. The van der Waals surface area contributed by atoms with Gasteiger partial charge in [-0.3, -0.25) is 0 Å². The lowest BCUT2D eigenvalue weighted by Gasteiger charge is -2.21. The van der Waals surface area contributed by atoms with Gasteiger partial charge < -0.3 is 0 Å². The van der Waals surface area contributed by atoms with Gasteiger partial charge in [-0.15, -0.1) is 0 Å². The van der Waals surface area contributed by atoms with Crippen molar-refractivity contribution in [1.82, 2.24) is 0 Å². The highest BCUT2D eigenvalue weighted by molar-refractivity contribution is 6.13. The lowest BCUT2D eigenvalue weighted by molar-refractivity contribution is 0.999. The Morgan fingerprint density at radius 3 is 1.67 bits per heavy atom. The van der Waals surface area contributed by atoms with E-state index in [-0.39, 0.29) is 5.92 Å². The minimum atomic E-state index is 0.193. The van der Waals surface area contributed by atoms with E-state index in [0.29, 0.717) is 0 Å². The summed E-state index contributed by atoms with van der Waals surface area (Å²) in [5.41, 5.74) is 14.8. The molecule has 9 rings (SSSR count). The first kappa shape index (κ1) is 24.4. The van der Waals surface area contributed by atoms with Crippen molar-refractivity contribution in [3.05, 3.63) is 173 Å². The molecule has 0 saturated heterocycles. The van der Waals surface area contributed by atoms with Crippen molar-refractivity contribution < 1.29 is 0 Å². The summed E-state index contributed by atoms with van der Waals surface area (Å²) in [6.07, 6.45) is 6.93. The second-order valence-corrected chi connectivity index (χ2v) is 12.0. The first-order valence-electron chi connectivity index (χ1n) is 15.4. The second-order valence-electron chi connectivity index (χ2n) is 12.0. The van der Waals surface area contributed by atoms with Gasteiger partial charge in [-0.25, -0.2) is 0 Å². The normalized spacial score (nSPS) is 13.7. The highest BCUT2D eigenvalue weighted by Gasteiger charge is 2.31. The number of hydrogen-bond acceptors (Lipinski definition) is 0. The van der Waals surface area contributed by atoms with Crippen LogP contribution in [0.1, 0.15) is 40.2 Å². The van der Waals surface area contributed by atoms with Crippen molar-refractivity contribution in [1.29, 1.82) is 0 Å². The van der Waals surface area contributed by atoms with Gasteiger partial charge in [0.1, 0.15) is 0 Å². The fourth-order valence-corrected chi connectivity index (χ4v) is 7.61. The van der Waals surface area contributed by atoms with E-state index in [9.17, 15) is 0 Å². The van der Waals surface area contributed by atoms with Crippen LogP contribution in [0.2, 0.25) is 0 Å². The summed E-state index contributed by atoms with van der Waals surface area (Å²) in [5.74, 6) is 0.193. The lowest BCUT2D eigenvalue weighted by Crippen LogP contribution is -2.02. The largest absolute Gasteiger partial charge is 0.0836 e. The van der Waals surface area contributed by atoms with Crippen molar-refractivity contribution in [2.75, 3.05) is 0 Å². The van der Waals surface area contributed by atoms with Gasteiger partial charge in [0.2, 0.25) is 0 Å². The Bertz CT molecular complexity index is 2130. The minimum absolute atomic E-state index is 0.193. The van der Waals surface area contributed by atoms with Crippen molar-refractivity contribution in [3.8, 4) is 33.4 Å². The molecule has 0 bridgehead atoms. The molecule has 0 N–H and O–H groups in total. The van der Waals surface area contributed by atoms with Crippen LogP contribution < -0.4 is 0 Å². The molecule has 202 valence electrons. The molecular weight excluding hydrogens is 516 g/mol. The molecule has 0 radical (unpaired) electrons. The monoisotopic (exact) mass is 546 g/mol. The van der Waals surface area contributed by atoms with Gasteiger partial charge in [-0.2, -0.15) is 0 Å². The number of benzene rings is 7. The molecule has 0 heterocycles. The number of rotatable bonds is 3. The Morgan fingerprint density at radius 1 is 0.442 bits per heavy atom. The molecular formula is C43H30. The van der Waals surface area contributed by atoms with Gasteiger partial charge in [0.25, 0.3) is 0 Å². The molecule has 2 aliphatic rings. The Hall–Kier alpha value is -5.20. The van der Waals surface area contributed by atoms with Gasteiger partial charge in [0.15, 0.2) is 0 Å². The number of allylic oxidation sites excluding steroid dienone is 1. The highest BCUT2D eigenvalue weighted by Crippen LogP contribution is 2.51. The predicted molar refractivity (Wildman–Crippen MR) is 183 cm³/mol. The average Bonchev–Trinajstić information content (AvgIpc) is 3.42. The fraction of sp³-hybridized carbons (Fsp3) is 0.0698. The smallest absolute Gasteiger partial charge is 0.0352 e. The second kappa shape index (κ2) is 9.68. The van der Waals surface area contributed by atoms with E-state index in [4.69, 9.17) is 0 Å². The summed E-state index contributed by atoms with van der Waals surface area (Å²) in [5, 5.41) is 5.49. The van der Waals surface area contributed by atoms with E-state index in [0.717, 1.165) is 12.8 Å². The van der Waals surface area contributed by atoms with Crippen LogP contribution in [0.4, 0.5) is 0 Å². The zero-order valence-corrected chi connectivity index (χ0v) is 23.9. The van der Waals surface area contributed by atoms with Crippen LogP contribution >= 0.6 is 0 Å². The Balaban J connectivity index is 1.28. The van der Waals surface area contributed by atoms with Crippen LogP contribution in [-0.2, 0) is 6.42 Å².